The third-order valence-corrected chi connectivity index (χ3v) is 4.34. The third-order valence-electron chi connectivity index (χ3n) is 4.34. The van der Waals surface area contributed by atoms with Gasteiger partial charge in [0, 0.05) is 24.2 Å². The van der Waals surface area contributed by atoms with Crippen molar-refractivity contribution in [3.05, 3.63) is 48.5 Å². The molecule has 0 spiro atoms. The summed E-state index contributed by atoms with van der Waals surface area (Å²) in [5.41, 5.74) is 1.38. The van der Waals surface area contributed by atoms with Gasteiger partial charge in [-0.15, -0.1) is 0 Å². The molecule has 0 bridgehead atoms. The Balaban J connectivity index is 1.41. The van der Waals surface area contributed by atoms with E-state index in [0.717, 1.165) is 24.8 Å². The summed E-state index contributed by atoms with van der Waals surface area (Å²) >= 11 is 0. The SMILES string of the molecule is O=C(Cc1noc2ccccc12)N1CCC[C@@H](Oc2ccncn2)C1. The van der Waals surface area contributed by atoms with Gasteiger partial charge in [-0.05, 0) is 25.0 Å². The van der Waals surface area contributed by atoms with Crippen LogP contribution in [0.2, 0.25) is 0 Å². The van der Waals surface area contributed by atoms with Crippen LogP contribution < -0.4 is 4.74 Å². The van der Waals surface area contributed by atoms with Gasteiger partial charge in [-0.25, -0.2) is 9.97 Å². The van der Waals surface area contributed by atoms with Gasteiger partial charge in [0.1, 0.15) is 18.1 Å². The Bertz CT molecular complexity index is 865. The molecule has 1 amide bonds. The molecular formula is C18H18N4O3. The fourth-order valence-electron chi connectivity index (χ4n) is 3.10. The monoisotopic (exact) mass is 338 g/mol. The first kappa shape index (κ1) is 15.6. The lowest BCUT2D eigenvalue weighted by Crippen LogP contribution is -2.45. The number of benzene rings is 1. The maximum absolute atomic E-state index is 12.7. The highest BCUT2D eigenvalue weighted by atomic mass is 16.5. The first-order valence-corrected chi connectivity index (χ1v) is 8.33. The molecule has 4 rings (SSSR count). The van der Waals surface area contributed by atoms with Gasteiger partial charge < -0.3 is 14.2 Å². The van der Waals surface area contributed by atoms with Crippen LogP contribution in [-0.2, 0) is 11.2 Å². The second kappa shape index (κ2) is 6.88. The van der Waals surface area contributed by atoms with Crippen molar-refractivity contribution in [3.63, 3.8) is 0 Å². The molecule has 1 saturated heterocycles. The van der Waals surface area contributed by atoms with Gasteiger partial charge in [-0.1, -0.05) is 17.3 Å². The Labute approximate surface area is 144 Å². The summed E-state index contributed by atoms with van der Waals surface area (Å²) < 4.78 is 11.1. The second-order valence-corrected chi connectivity index (χ2v) is 6.07. The average molecular weight is 338 g/mol. The number of nitrogens with zero attached hydrogens (tertiary/aromatic N) is 4. The number of piperidine rings is 1. The van der Waals surface area contributed by atoms with Gasteiger partial charge in [0.15, 0.2) is 5.58 Å². The van der Waals surface area contributed by atoms with Crippen LogP contribution in [0, 0.1) is 0 Å². The van der Waals surface area contributed by atoms with E-state index in [0.29, 0.717) is 23.7 Å². The van der Waals surface area contributed by atoms with E-state index < -0.39 is 0 Å². The van der Waals surface area contributed by atoms with E-state index in [1.54, 1.807) is 12.3 Å². The summed E-state index contributed by atoms with van der Waals surface area (Å²) in [7, 11) is 0. The van der Waals surface area contributed by atoms with Crippen molar-refractivity contribution in [1.29, 1.82) is 0 Å². The van der Waals surface area contributed by atoms with E-state index in [1.165, 1.54) is 6.33 Å². The van der Waals surface area contributed by atoms with Gasteiger partial charge in [0.2, 0.25) is 11.8 Å². The minimum atomic E-state index is -0.0540. The molecule has 0 N–H and O–H groups in total. The Morgan fingerprint density at radius 2 is 2.24 bits per heavy atom. The Morgan fingerprint density at radius 3 is 3.12 bits per heavy atom. The van der Waals surface area contributed by atoms with Gasteiger partial charge >= 0.3 is 0 Å². The van der Waals surface area contributed by atoms with E-state index in [9.17, 15) is 4.79 Å². The quantitative estimate of drug-likeness (QED) is 0.725. The summed E-state index contributed by atoms with van der Waals surface area (Å²) in [4.78, 5) is 22.5. The minimum Gasteiger partial charge on any atom is -0.472 e. The highest BCUT2D eigenvalue weighted by Gasteiger charge is 2.26. The number of carbonyl (C=O) groups excluding carboxylic acids is 1. The van der Waals surface area contributed by atoms with Crippen molar-refractivity contribution in [1.82, 2.24) is 20.0 Å². The predicted octanol–water partition coefficient (Wildman–Crippen LogP) is 2.23. The van der Waals surface area contributed by atoms with Crippen molar-refractivity contribution in [2.24, 2.45) is 0 Å². The van der Waals surface area contributed by atoms with E-state index in [2.05, 4.69) is 15.1 Å². The largest absolute Gasteiger partial charge is 0.472 e. The van der Waals surface area contributed by atoms with Crippen LogP contribution in [0.5, 0.6) is 5.88 Å². The van der Waals surface area contributed by atoms with Crippen LogP contribution in [0.15, 0.2) is 47.4 Å². The van der Waals surface area contributed by atoms with Gasteiger partial charge in [-0.2, -0.15) is 0 Å². The number of amides is 1. The van der Waals surface area contributed by atoms with Gasteiger partial charge in [0.25, 0.3) is 0 Å². The summed E-state index contributed by atoms with van der Waals surface area (Å²) in [6.45, 7) is 1.29. The number of rotatable bonds is 4. The van der Waals surface area contributed by atoms with Crippen molar-refractivity contribution >= 4 is 16.9 Å². The molecular weight excluding hydrogens is 320 g/mol. The average Bonchev–Trinajstić information content (AvgIpc) is 3.06. The maximum Gasteiger partial charge on any atom is 0.228 e. The molecule has 2 aromatic heterocycles. The molecule has 0 aliphatic carbocycles. The number of para-hydroxylation sites is 1. The molecule has 3 heterocycles. The lowest BCUT2D eigenvalue weighted by Gasteiger charge is -2.32. The Morgan fingerprint density at radius 1 is 1.32 bits per heavy atom. The van der Waals surface area contributed by atoms with Gasteiger partial charge in [-0.3, -0.25) is 4.79 Å². The third kappa shape index (κ3) is 3.45. The lowest BCUT2D eigenvalue weighted by molar-refractivity contribution is -0.133. The fraction of sp³-hybridized carbons (Fsp3) is 0.333. The number of ether oxygens (including phenoxy) is 1. The molecule has 1 aliphatic heterocycles. The molecule has 7 nitrogen and oxygen atoms in total. The Kier molecular flexibility index (Phi) is 4.28. The van der Waals surface area contributed by atoms with Crippen LogP contribution in [0.3, 0.4) is 0 Å². The van der Waals surface area contributed by atoms with Crippen LogP contribution in [0.1, 0.15) is 18.5 Å². The topological polar surface area (TPSA) is 81.4 Å². The number of aromatic nitrogens is 3. The van der Waals surface area contributed by atoms with Crippen LogP contribution in [0.4, 0.5) is 0 Å². The van der Waals surface area contributed by atoms with Crippen LogP contribution in [-0.4, -0.2) is 45.1 Å². The fourth-order valence-corrected chi connectivity index (χ4v) is 3.10. The van der Waals surface area contributed by atoms with Gasteiger partial charge in [0.05, 0.1) is 13.0 Å². The molecule has 1 aromatic carbocycles. The van der Waals surface area contributed by atoms with E-state index in [1.807, 2.05) is 29.2 Å². The summed E-state index contributed by atoms with van der Waals surface area (Å²) in [5, 5.41) is 4.94. The van der Waals surface area contributed by atoms with Crippen LogP contribution >= 0.6 is 0 Å². The van der Waals surface area contributed by atoms with E-state index in [4.69, 9.17) is 9.26 Å². The number of hydrogen-bond acceptors (Lipinski definition) is 6. The normalized spacial score (nSPS) is 17.6. The molecule has 3 aromatic rings. The van der Waals surface area contributed by atoms with Crippen LogP contribution in [0.25, 0.3) is 11.0 Å². The van der Waals surface area contributed by atoms with E-state index >= 15 is 0 Å². The molecule has 0 unspecified atom stereocenters. The zero-order valence-corrected chi connectivity index (χ0v) is 13.7. The molecule has 0 radical (unpaired) electrons. The lowest BCUT2D eigenvalue weighted by atomic mass is 10.1. The van der Waals surface area contributed by atoms with Crippen molar-refractivity contribution in [2.75, 3.05) is 13.1 Å². The molecule has 25 heavy (non-hydrogen) atoms. The maximum atomic E-state index is 12.7. The highest BCUT2D eigenvalue weighted by Crippen LogP contribution is 2.20. The molecule has 7 heteroatoms. The number of carbonyl (C=O) groups is 1. The first-order chi connectivity index (χ1) is 12.3. The first-order valence-electron chi connectivity index (χ1n) is 8.33. The number of likely N-dealkylation sites (tertiary alicyclic amines) is 1. The minimum absolute atomic E-state index is 0.0371. The molecule has 1 aliphatic rings. The molecule has 1 atom stereocenters. The summed E-state index contributed by atoms with van der Waals surface area (Å²) in [6, 6.07) is 9.30. The number of fused-ring (bicyclic) bond motifs is 1. The van der Waals surface area contributed by atoms with Crippen molar-refractivity contribution < 1.29 is 14.1 Å². The second-order valence-electron chi connectivity index (χ2n) is 6.07. The standard InChI is InChI=1S/C18H18N4O3/c23-18(10-15-14-5-1-2-6-16(14)25-21-15)22-9-3-4-13(11-22)24-17-7-8-19-12-20-17/h1-2,5-8,12-13H,3-4,9-11H2/t13-/m1/s1. The zero-order valence-electron chi connectivity index (χ0n) is 13.7. The molecule has 128 valence electrons. The Hall–Kier alpha value is -2.96. The zero-order chi connectivity index (χ0) is 17.1. The number of hydrogen-bond donors (Lipinski definition) is 0. The molecule has 1 fully saturated rings. The molecule has 0 saturated carbocycles. The predicted molar refractivity (Wildman–Crippen MR) is 90.0 cm³/mol. The summed E-state index contributed by atoms with van der Waals surface area (Å²) in [5.74, 6) is 0.576. The van der Waals surface area contributed by atoms with Crippen molar-refractivity contribution in [3.8, 4) is 5.88 Å². The van der Waals surface area contributed by atoms with E-state index in [-0.39, 0.29) is 18.4 Å². The van der Waals surface area contributed by atoms with Crippen molar-refractivity contribution in [2.45, 2.75) is 25.4 Å². The smallest absolute Gasteiger partial charge is 0.228 e. The highest BCUT2D eigenvalue weighted by molar-refractivity contribution is 5.86. The summed E-state index contributed by atoms with van der Waals surface area (Å²) in [6.07, 6.45) is 5.08.